The van der Waals surface area contributed by atoms with Crippen LogP contribution in [0, 0.1) is 5.41 Å². The Morgan fingerprint density at radius 2 is 1.93 bits per heavy atom. The SMILES string of the molecule is CCCN1CCC2(CCN(C(=O)c3cc(-c4ccccc4)nn3C)C2)C1=O. The molecule has 1 unspecified atom stereocenters. The van der Waals surface area contributed by atoms with Crippen molar-refractivity contribution in [2.75, 3.05) is 26.2 Å². The summed E-state index contributed by atoms with van der Waals surface area (Å²) in [5, 5.41) is 4.51. The highest BCUT2D eigenvalue weighted by molar-refractivity contribution is 5.95. The molecule has 4 rings (SSSR count). The topological polar surface area (TPSA) is 58.4 Å². The molecular formula is C21H26N4O2. The standard InChI is InChI=1S/C21H26N4O2/c1-3-11-24-12-9-21(20(24)27)10-13-25(15-21)19(26)18-14-17(22-23(18)2)16-7-5-4-6-8-16/h4-8,14H,3,9-13,15H2,1-2H3. The van der Waals surface area contributed by atoms with Gasteiger partial charge in [-0.2, -0.15) is 5.10 Å². The van der Waals surface area contributed by atoms with Crippen LogP contribution in [0.15, 0.2) is 36.4 Å². The quantitative estimate of drug-likeness (QED) is 0.836. The lowest BCUT2D eigenvalue weighted by Crippen LogP contribution is -2.38. The fourth-order valence-corrected chi connectivity index (χ4v) is 4.38. The summed E-state index contributed by atoms with van der Waals surface area (Å²) in [5.41, 5.74) is 1.99. The highest BCUT2D eigenvalue weighted by Crippen LogP contribution is 2.41. The molecule has 2 aliphatic rings. The predicted octanol–water partition coefficient (Wildman–Crippen LogP) is 2.56. The van der Waals surface area contributed by atoms with Gasteiger partial charge in [0.05, 0.1) is 11.1 Å². The first-order valence-electron chi connectivity index (χ1n) is 9.72. The molecule has 2 amide bonds. The number of hydrogen-bond acceptors (Lipinski definition) is 3. The monoisotopic (exact) mass is 366 g/mol. The minimum Gasteiger partial charge on any atom is -0.342 e. The summed E-state index contributed by atoms with van der Waals surface area (Å²) < 4.78 is 1.65. The Labute approximate surface area is 159 Å². The van der Waals surface area contributed by atoms with Crippen molar-refractivity contribution in [3.05, 3.63) is 42.1 Å². The van der Waals surface area contributed by atoms with E-state index < -0.39 is 0 Å². The van der Waals surface area contributed by atoms with Crippen molar-refractivity contribution in [3.8, 4) is 11.3 Å². The first-order chi connectivity index (χ1) is 13.0. The highest BCUT2D eigenvalue weighted by atomic mass is 16.2. The maximum absolute atomic E-state index is 13.1. The molecule has 6 nitrogen and oxygen atoms in total. The third-order valence-electron chi connectivity index (χ3n) is 5.90. The molecule has 2 fully saturated rings. The van der Waals surface area contributed by atoms with E-state index in [-0.39, 0.29) is 17.2 Å². The Morgan fingerprint density at radius 1 is 1.19 bits per heavy atom. The van der Waals surface area contributed by atoms with Gasteiger partial charge in [-0.1, -0.05) is 37.3 Å². The largest absolute Gasteiger partial charge is 0.342 e. The summed E-state index contributed by atoms with van der Waals surface area (Å²) in [5.74, 6) is 0.195. The van der Waals surface area contributed by atoms with Crippen LogP contribution in [0.25, 0.3) is 11.3 Å². The van der Waals surface area contributed by atoms with E-state index in [9.17, 15) is 9.59 Å². The smallest absolute Gasteiger partial charge is 0.272 e. The van der Waals surface area contributed by atoms with E-state index in [1.54, 1.807) is 11.7 Å². The maximum atomic E-state index is 13.1. The maximum Gasteiger partial charge on any atom is 0.272 e. The summed E-state index contributed by atoms with van der Waals surface area (Å²) in [7, 11) is 1.80. The average molecular weight is 366 g/mol. The van der Waals surface area contributed by atoms with Crippen molar-refractivity contribution in [1.29, 1.82) is 0 Å². The Morgan fingerprint density at radius 3 is 2.67 bits per heavy atom. The summed E-state index contributed by atoms with van der Waals surface area (Å²) in [6.07, 6.45) is 2.60. The molecular weight excluding hydrogens is 340 g/mol. The van der Waals surface area contributed by atoms with E-state index >= 15 is 0 Å². The van der Waals surface area contributed by atoms with E-state index in [1.807, 2.05) is 46.2 Å². The van der Waals surface area contributed by atoms with Crippen LogP contribution in [0.2, 0.25) is 0 Å². The molecule has 27 heavy (non-hydrogen) atoms. The molecule has 6 heteroatoms. The number of rotatable bonds is 4. The molecule has 0 radical (unpaired) electrons. The molecule has 1 atom stereocenters. The molecule has 2 aliphatic heterocycles. The average Bonchev–Trinajstić information content (AvgIpc) is 3.37. The second kappa shape index (κ2) is 6.83. The van der Waals surface area contributed by atoms with Gasteiger partial charge in [-0.15, -0.1) is 0 Å². The summed E-state index contributed by atoms with van der Waals surface area (Å²) in [6.45, 7) is 4.89. The van der Waals surface area contributed by atoms with Crippen molar-refractivity contribution in [1.82, 2.24) is 19.6 Å². The zero-order valence-corrected chi connectivity index (χ0v) is 16.0. The number of nitrogens with zero attached hydrogens (tertiary/aromatic N) is 4. The minimum atomic E-state index is -0.369. The molecule has 1 aromatic heterocycles. The number of aryl methyl sites for hydroxylation is 1. The number of carbonyl (C=O) groups excluding carboxylic acids is 2. The van der Waals surface area contributed by atoms with Crippen LogP contribution in [0.5, 0.6) is 0 Å². The molecule has 2 aromatic rings. The number of likely N-dealkylation sites (tertiary alicyclic amines) is 2. The van der Waals surface area contributed by atoms with Gasteiger partial charge in [0, 0.05) is 38.8 Å². The zero-order chi connectivity index (χ0) is 19.0. The first-order valence-corrected chi connectivity index (χ1v) is 9.72. The van der Waals surface area contributed by atoms with E-state index in [0.717, 1.165) is 43.6 Å². The number of hydrogen-bond donors (Lipinski definition) is 0. The minimum absolute atomic E-state index is 0.0363. The molecule has 0 N–H and O–H groups in total. The number of aromatic nitrogens is 2. The van der Waals surface area contributed by atoms with Gasteiger partial charge in [0.15, 0.2) is 0 Å². The highest BCUT2D eigenvalue weighted by Gasteiger charge is 2.51. The van der Waals surface area contributed by atoms with Gasteiger partial charge in [-0.05, 0) is 25.3 Å². The summed E-state index contributed by atoms with van der Waals surface area (Å²) in [4.78, 5) is 29.8. The fourth-order valence-electron chi connectivity index (χ4n) is 4.38. The zero-order valence-electron chi connectivity index (χ0n) is 16.0. The Bertz CT molecular complexity index is 860. The van der Waals surface area contributed by atoms with E-state index in [2.05, 4.69) is 12.0 Å². The molecule has 1 aromatic carbocycles. The molecule has 2 saturated heterocycles. The summed E-state index contributed by atoms with van der Waals surface area (Å²) in [6, 6.07) is 11.7. The lowest BCUT2D eigenvalue weighted by Gasteiger charge is -2.23. The molecule has 142 valence electrons. The van der Waals surface area contributed by atoms with Gasteiger partial charge < -0.3 is 9.80 Å². The second-order valence-electron chi connectivity index (χ2n) is 7.70. The van der Waals surface area contributed by atoms with Crippen LogP contribution in [-0.2, 0) is 11.8 Å². The van der Waals surface area contributed by atoms with Crippen LogP contribution in [0.3, 0.4) is 0 Å². The van der Waals surface area contributed by atoms with Crippen LogP contribution in [0.1, 0.15) is 36.7 Å². The Balaban J connectivity index is 1.52. The van der Waals surface area contributed by atoms with Gasteiger partial charge in [0.25, 0.3) is 5.91 Å². The van der Waals surface area contributed by atoms with E-state index in [0.29, 0.717) is 18.8 Å². The van der Waals surface area contributed by atoms with Gasteiger partial charge >= 0.3 is 0 Å². The third kappa shape index (κ3) is 3.03. The van der Waals surface area contributed by atoms with Gasteiger partial charge in [0.2, 0.25) is 5.91 Å². The van der Waals surface area contributed by atoms with Crippen molar-refractivity contribution in [2.45, 2.75) is 26.2 Å². The fraction of sp³-hybridized carbons (Fsp3) is 0.476. The molecule has 1 spiro atoms. The molecule has 3 heterocycles. The van der Waals surface area contributed by atoms with Gasteiger partial charge in [0.1, 0.15) is 5.69 Å². The second-order valence-corrected chi connectivity index (χ2v) is 7.70. The third-order valence-corrected chi connectivity index (χ3v) is 5.90. The van der Waals surface area contributed by atoms with E-state index in [4.69, 9.17) is 0 Å². The van der Waals surface area contributed by atoms with Gasteiger partial charge in [-0.25, -0.2) is 0 Å². The summed E-state index contributed by atoms with van der Waals surface area (Å²) >= 11 is 0. The van der Waals surface area contributed by atoms with Crippen molar-refractivity contribution in [2.24, 2.45) is 12.5 Å². The van der Waals surface area contributed by atoms with Crippen molar-refractivity contribution < 1.29 is 9.59 Å². The number of benzene rings is 1. The molecule has 0 bridgehead atoms. The molecule has 0 saturated carbocycles. The Hall–Kier alpha value is -2.63. The number of carbonyl (C=O) groups is 2. The lowest BCUT2D eigenvalue weighted by molar-refractivity contribution is -0.135. The van der Waals surface area contributed by atoms with Crippen LogP contribution >= 0.6 is 0 Å². The normalized spacial score (nSPS) is 22.2. The molecule has 0 aliphatic carbocycles. The van der Waals surface area contributed by atoms with Crippen LogP contribution in [-0.4, -0.2) is 57.6 Å². The predicted molar refractivity (Wildman–Crippen MR) is 103 cm³/mol. The number of amides is 2. The Kier molecular flexibility index (Phi) is 4.50. The first kappa shape index (κ1) is 17.8. The van der Waals surface area contributed by atoms with E-state index in [1.165, 1.54) is 0 Å². The lowest BCUT2D eigenvalue weighted by atomic mass is 9.85. The van der Waals surface area contributed by atoms with Crippen molar-refractivity contribution in [3.63, 3.8) is 0 Å². The van der Waals surface area contributed by atoms with Crippen LogP contribution in [0.4, 0.5) is 0 Å². The van der Waals surface area contributed by atoms with Crippen molar-refractivity contribution >= 4 is 11.8 Å². The van der Waals surface area contributed by atoms with Gasteiger partial charge in [-0.3, -0.25) is 14.3 Å². The van der Waals surface area contributed by atoms with Crippen LogP contribution < -0.4 is 0 Å².